The zero-order valence-corrected chi connectivity index (χ0v) is 19.5. The minimum atomic E-state index is -0.264. The summed E-state index contributed by atoms with van der Waals surface area (Å²) in [5, 5.41) is 0. The molecule has 172 valence electrons. The van der Waals surface area contributed by atoms with Gasteiger partial charge in [-0.3, -0.25) is 9.69 Å². The highest BCUT2D eigenvalue weighted by atomic mass is 32.1. The maximum atomic E-state index is 13.3. The number of hydrogen-bond donors (Lipinski definition) is 0. The Morgan fingerprint density at radius 2 is 1.79 bits per heavy atom. The lowest BCUT2D eigenvalue weighted by molar-refractivity contribution is 0.0985. The standard InChI is InChI=1S/C26H27FN2O3S/c1-31-23-17-21(8-9-22(23)32-15-14-28-11-2-3-12-28)29-13-10-19-16-24(33-25(19)26(29)30)18-4-6-20(27)7-5-18/h4-9,16-17H,2-3,10-15H2,1H3. The monoisotopic (exact) mass is 466 g/mol. The second kappa shape index (κ2) is 9.53. The van der Waals surface area contributed by atoms with E-state index >= 15 is 0 Å². The maximum absolute atomic E-state index is 13.3. The molecule has 1 amide bonds. The number of nitrogens with zero attached hydrogens (tertiary/aromatic N) is 2. The Morgan fingerprint density at radius 1 is 1.00 bits per heavy atom. The molecule has 7 heteroatoms. The third kappa shape index (κ3) is 4.61. The molecule has 0 saturated carbocycles. The minimum Gasteiger partial charge on any atom is -0.493 e. The van der Waals surface area contributed by atoms with Crippen LogP contribution in [0.25, 0.3) is 10.4 Å². The minimum absolute atomic E-state index is 0.0145. The first-order valence-corrected chi connectivity index (χ1v) is 12.2. The predicted molar refractivity (Wildman–Crippen MR) is 129 cm³/mol. The van der Waals surface area contributed by atoms with Crippen LogP contribution < -0.4 is 14.4 Å². The van der Waals surface area contributed by atoms with Crippen LogP contribution in [0.1, 0.15) is 28.1 Å². The lowest BCUT2D eigenvalue weighted by Crippen LogP contribution is -2.36. The lowest BCUT2D eigenvalue weighted by atomic mass is 10.1. The highest BCUT2D eigenvalue weighted by molar-refractivity contribution is 7.17. The van der Waals surface area contributed by atoms with Gasteiger partial charge < -0.3 is 14.4 Å². The molecule has 0 bridgehead atoms. The number of likely N-dealkylation sites (tertiary alicyclic amines) is 1. The van der Waals surface area contributed by atoms with Crippen molar-refractivity contribution in [2.24, 2.45) is 0 Å². The highest BCUT2D eigenvalue weighted by Gasteiger charge is 2.29. The van der Waals surface area contributed by atoms with E-state index in [1.54, 1.807) is 24.1 Å². The summed E-state index contributed by atoms with van der Waals surface area (Å²) in [7, 11) is 1.62. The average molecular weight is 467 g/mol. The number of benzene rings is 2. The largest absolute Gasteiger partial charge is 0.493 e. The van der Waals surface area contributed by atoms with Crippen LogP contribution in [-0.2, 0) is 6.42 Å². The smallest absolute Gasteiger partial charge is 0.268 e. The van der Waals surface area contributed by atoms with E-state index in [0.29, 0.717) is 24.7 Å². The SMILES string of the molecule is COc1cc(N2CCc3cc(-c4ccc(F)cc4)sc3C2=O)ccc1OCCN1CCCC1. The Hall–Kier alpha value is -2.90. The normalized spacial score (nSPS) is 16.2. The van der Waals surface area contributed by atoms with Crippen LogP contribution in [0, 0.1) is 5.82 Å². The summed E-state index contributed by atoms with van der Waals surface area (Å²) in [6.45, 7) is 4.41. The van der Waals surface area contributed by atoms with Crippen molar-refractivity contribution in [3.63, 3.8) is 0 Å². The van der Waals surface area contributed by atoms with Crippen molar-refractivity contribution in [1.29, 1.82) is 0 Å². The first kappa shape index (κ1) is 21.9. The molecule has 0 spiro atoms. The summed E-state index contributed by atoms with van der Waals surface area (Å²) in [5.41, 5.74) is 2.77. The number of rotatable bonds is 7. The number of anilines is 1. The molecular weight excluding hydrogens is 439 g/mol. The zero-order chi connectivity index (χ0) is 22.8. The topological polar surface area (TPSA) is 42.0 Å². The number of amides is 1. The molecule has 5 nitrogen and oxygen atoms in total. The van der Waals surface area contributed by atoms with Crippen LogP contribution in [-0.4, -0.2) is 50.7 Å². The first-order valence-electron chi connectivity index (χ1n) is 11.4. The molecule has 3 heterocycles. The molecule has 5 rings (SSSR count). The van der Waals surface area contributed by atoms with Gasteiger partial charge in [-0.05, 0) is 73.8 Å². The lowest BCUT2D eigenvalue weighted by Gasteiger charge is -2.27. The molecule has 0 atom stereocenters. The quantitative estimate of drug-likeness (QED) is 0.478. The fraction of sp³-hybridized carbons (Fsp3) is 0.346. The number of thiophene rings is 1. The fourth-order valence-corrected chi connectivity index (χ4v) is 5.65. The molecule has 0 radical (unpaired) electrons. The molecule has 1 fully saturated rings. The molecule has 33 heavy (non-hydrogen) atoms. The van der Waals surface area contributed by atoms with E-state index in [-0.39, 0.29) is 11.7 Å². The molecule has 2 aliphatic rings. The highest BCUT2D eigenvalue weighted by Crippen LogP contribution is 2.38. The van der Waals surface area contributed by atoms with Gasteiger partial charge in [0.25, 0.3) is 5.91 Å². The van der Waals surface area contributed by atoms with Gasteiger partial charge in [-0.25, -0.2) is 4.39 Å². The van der Waals surface area contributed by atoms with Crippen LogP contribution in [0.15, 0.2) is 48.5 Å². The van der Waals surface area contributed by atoms with Gasteiger partial charge in [0.2, 0.25) is 0 Å². The van der Waals surface area contributed by atoms with Gasteiger partial charge in [0.15, 0.2) is 11.5 Å². The molecule has 3 aromatic rings. The van der Waals surface area contributed by atoms with E-state index < -0.39 is 0 Å². The second-order valence-corrected chi connectivity index (χ2v) is 9.46. The van der Waals surface area contributed by atoms with Gasteiger partial charge in [-0.1, -0.05) is 12.1 Å². The number of halogens is 1. The van der Waals surface area contributed by atoms with Crippen LogP contribution in [0.5, 0.6) is 11.5 Å². The molecule has 0 N–H and O–H groups in total. The third-order valence-corrected chi connectivity index (χ3v) is 7.52. The van der Waals surface area contributed by atoms with Crippen LogP contribution in [0.2, 0.25) is 0 Å². The van der Waals surface area contributed by atoms with Crippen molar-refractivity contribution in [2.75, 3.05) is 44.8 Å². The van der Waals surface area contributed by atoms with Crippen LogP contribution >= 0.6 is 11.3 Å². The fourth-order valence-electron chi connectivity index (χ4n) is 4.49. The summed E-state index contributed by atoms with van der Waals surface area (Å²) >= 11 is 1.46. The van der Waals surface area contributed by atoms with E-state index in [1.807, 2.05) is 18.2 Å². The Labute approximate surface area is 197 Å². The molecule has 0 aliphatic carbocycles. The van der Waals surface area contributed by atoms with Crippen molar-refractivity contribution in [2.45, 2.75) is 19.3 Å². The Morgan fingerprint density at radius 3 is 2.55 bits per heavy atom. The Bertz CT molecular complexity index is 1140. The summed E-state index contributed by atoms with van der Waals surface area (Å²) in [5.74, 6) is 1.05. The second-order valence-electron chi connectivity index (χ2n) is 8.41. The van der Waals surface area contributed by atoms with Crippen molar-refractivity contribution in [3.05, 3.63) is 64.8 Å². The van der Waals surface area contributed by atoms with Gasteiger partial charge in [0, 0.05) is 29.7 Å². The van der Waals surface area contributed by atoms with Crippen LogP contribution in [0.4, 0.5) is 10.1 Å². The summed E-state index contributed by atoms with van der Waals surface area (Å²) in [6.07, 6.45) is 3.30. The third-order valence-electron chi connectivity index (χ3n) is 6.30. The van der Waals surface area contributed by atoms with E-state index in [0.717, 1.165) is 52.6 Å². The Kier molecular flexibility index (Phi) is 6.33. The predicted octanol–water partition coefficient (Wildman–Crippen LogP) is 5.24. The van der Waals surface area contributed by atoms with E-state index in [9.17, 15) is 9.18 Å². The summed E-state index contributed by atoms with van der Waals surface area (Å²) in [4.78, 5) is 19.2. The van der Waals surface area contributed by atoms with Gasteiger partial charge in [-0.15, -0.1) is 11.3 Å². The molecule has 0 unspecified atom stereocenters. The van der Waals surface area contributed by atoms with Crippen molar-refractivity contribution >= 4 is 22.9 Å². The van der Waals surface area contributed by atoms with E-state index in [1.165, 1.54) is 36.3 Å². The number of carbonyl (C=O) groups excluding carboxylic acids is 1. The summed E-state index contributed by atoms with van der Waals surface area (Å²) < 4.78 is 24.8. The van der Waals surface area contributed by atoms with Gasteiger partial charge in [0.05, 0.1) is 12.0 Å². The maximum Gasteiger partial charge on any atom is 0.268 e. The van der Waals surface area contributed by atoms with Gasteiger partial charge in [0.1, 0.15) is 12.4 Å². The van der Waals surface area contributed by atoms with Crippen molar-refractivity contribution < 1.29 is 18.7 Å². The van der Waals surface area contributed by atoms with Crippen molar-refractivity contribution in [3.8, 4) is 21.9 Å². The zero-order valence-electron chi connectivity index (χ0n) is 18.7. The summed E-state index contributed by atoms with van der Waals surface area (Å²) in [6, 6.07) is 14.1. The number of methoxy groups -OCH3 is 1. The molecule has 2 aromatic carbocycles. The van der Waals surface area contributed by atoms with E-state index in [2.05, 4.69) is 11.0 Å². The molecular formula is C26H27FN2O3S. The van der Waals surface area contributed by atoms with Crippen LogP contribution in [0.3, 0.4) is 0 Å². The molecule has 1 saturated heterocycles. The number of hydrogen-bond acceptors (Lipinski definition) is 5. The number of carbonyl (C=O) groups is 1. The first-order chi connectivity index (χ1) is 16.1. The average Bonchev–Trinajstić information content (AvgIpc) is 3.51. The van der Waals surface area contributed by atoms with Crippen molar-refractivity contribution in [1.82, 2.24) is 4.90 Å². The number of fused-ring (bicyclic) bond motifs is 1. The molecule has 1 aromatic heterocycles. The van der Waals surface area contributed by atoms with Gasteiger partial charge >= 0.3 is 0 Å². The Balaban J connectivity index is 1.31. The number of ether oxygens (including phenoxy) is 2. The molecule has 2 aliphatic heterocycles. The van der Waals surface area contributed by atoms with E-state index in [4.69, 9.17) is 9.47 Å². The van der Waals surface area contributed by atoms with Gasteiger partial charge in [-0.2, -0.15) is 0 Å².